The third kappa shape index (κ3) is 4.14. The molecule has 0 heterocycles. The van der Waals surface area contributed by atoms with E-state index in [1.165, 1.54) is 6.07 Å². The van der Waals surface area contributed by atoms with E-state index in [1.807, 2.05) is 0 Å². The Morgan fingerprint density at radius 1 is 1.00 bits per heavy atom. The van der Waals surface area contributed by atoms with Crippen molar-refractivity contribution >= 4 is 23.2 Å². The lowest BCUT2D eigenvalue weighted by atomic mass is 9.99. The predicted molar refractivity (Wildman–Crippen MR) is 81.3 cm³/mol. The van der Waals surface area contributed by atoms with Crippen LogP contribution in [-0.2, 0) is 12.8 Å². The molecular formula is C15H14Cl2F2N2. The molecular weight excluding hydrogens is 317 g/mol. The molecule has 2 aromatic rings. The smallest absolute Gasteiger partial charge is 0.159 e. The Morgan fingerprint density at radius 2 is 1.67 bits per heavy atom. The average Bonchev–Trinajstić information content (AvgIpc) is 2.45. The first-order valence-corrected chi connectivity index (χ1v) is 7.09. The normalized spacial score (nSPS) is 12.4. The van der Waals surface area contributed by atoms with Crippen molar-refractivity contribution in [2.75, 3.05) is 0 Å². The van der Waals surface area contributed by atoms with Gasteiger partial charge in [0.25, 0.3) is 0 Å². The largest absolute Gasteiger partial charge is 0.271 e. The molecule has 0 fully saturated rings. The van der Waals surface area contributed by atoms with Crippen LogP contribution in [0.2, 0.25) is 10.0 Å². The highest BCUT2D eigenvalue weighted by atomic mass is 35.5. The summed E-state index contributed by atoms with van der Waals surface area (Å²) in [5, 5.41) is 1.10. The fourth-order valence-corrected chi connectivity index (χ4v) is 2.67. The van der Waals surface area contributed by atoms with Gasteiger partial charge in [0.1, 0.15) is 0 Å². The van der Waals surface area contributed by atoms with E-state index in [0.717, 1.165) is 17.7 Å². The molecule has 3 N–H and O–H groups in total. The SMILES string of the molecule is NNC(Cc1ccc(F)c(F)c1)Cc1c(Cl)cccc1Cl. The van der Waals surface area contributed by atoms with Gasteiger partial charge in [-0.25, -0.2) is 8.78 Å². The van der Waals surface area contributed by atoms with Crippen LogP contribution in [0.4, 0.5) is 8.78 Å². The predicted octanol–water partition coefficient (Wildman–Crippen LogP) is 3.89. The van der Waals surface area contributed by atoms with Gasteiger partial charge in [0.15, 0.2) is 11.6 Å². The molecule has 1 unspecified atom stereocenters. The quantitative estimate of drug-likeness (QED) is 0.644. The van der Waals surface area contributed by atoms with Gasteiger partial charge in [0, 0.05) is 16.1 Å². The van der Waals surface area contributed by atoms with Crippen molar-refractivity contribution in [3.63, 3.8) is 0 Å². The summed E-state index contributed by atoms with van der Waals surface area (Å²) in [6, 6.07) is 8.83. The van der Waals surface area contributed by atoms with Gasteiger partial charge in [0.05, 0.1) is 0 Å². The summed E-state index contributed by atoms with van der Waals surface area (Å²) in [7, 11) is 0. The highest BCUT2D eigenvalue weighted by Gasteiger charge is 2.14. The molecule has 2 nitrogen and oxygen atoms in total. The Hall–Kier alpha value is -1.20. The molecule has 0 radical (unpaired) electrons. The fraction of sp³-hybridized carbons (Fsp3) is 0.200. The van der Waals surface area contributed by atoms with Crippen LogP contribution in [0.15, 0.2) is 36.4 Å². The average molecular weight is 331 g/mol. The van der Waals surface area contributed by atoms with E-state index in [4.69, 9.17) is 29.0 Å². The van der Waals surface area contributed by atoms with E-state index in [2.05, 4.69) is 5.43 Å². The number of hydrogen-bond acceptors (Lipinski definition) is 2. The van der Waals surface area contributed by atoms with Gasteiger partial charge < -0.3 is 0 Å². The molecule has 0 aromatic heterocycles. The van der Waals surface area contributed by atoms with Crippen molar-refractivity contribution in [2.45, 2.75) is 18.9 Å². The molecule has 2 rings (SSSR count). The second-order valence-electron chi connectivity index (χ2n) is 4.72. The van der Waals surface area contributed by atoms with Gasteiger partial charge >= 0.3 is 0 Å². The number of hydrazine groups is 1. The maximum Gasteiger partial charge on any atom is 0.159 e. The standard InChI is InChI=1S/C15H14Cl2F2N2/c16-12-2-1-3-13(17)11(12)8-10(21-20)6-9-4-5-14(18)15(19)7-9/h1-5,7,10,21H,6,8,20H2. The Labute approximate surface area is 131 Å². The van der Waals surface area contributed by atoms with E-state index in [9.17, 15) is 8.78 Å². The molecule has 21 heavy (non-hydrogen) atoms. The molecule has 0 aliphatic rings. The van der Waals surface area contributed by atoms with Crippen LogP contribution in [0, 0.1) is 11.6 Å². The van der Waals surface area contributed by atoms with Crippen LogP contribution in [0.3, 0.4) is 0 Å². The minimum atomic E-state index is -0.876. The lowest BCUT2D eigenvalue weighted by Crippen LogP contribution is -2.38. The number of rotatable bonds is 5. The summed E-state index contributed by atoms with van der Waals surface area (Å²) >= 11 is 12.2. The summed E-state index contributed by atoms with van der Waals surface area (Å²) in [6.07, 6.45) is 0.906. The number of hydrogen-bond donors (Lipinski definition) is 2. The lowest BCUT2D eigenvalue weighted by molar-refractivity contribution is 0.498. The van der Waals surface area contributed by atoms with Crippen molar-refractivity contribution in [3.8, 4) is 0 Å². The number of benzene rings is 2. The van der Waals surface area contributed by atoms with Gasteiger partial charge in [-0.1, -0.05) is 35.3 Å². The molecule has 0 saturated carbocycles. The van der Waals surface area contributed by atoms with Crippen LogP contribution in [-0.4, -0.2) is 6.04 Å². The van der Waals surface area contributed by atoms with Crippen molar-refractivity contribution in [1.82, 2.24) is 5.43 Å². The molecule has 2 aromatic carbocycles. The van der Waals surface area contributed by atoms with Gasteiger partial charge in [-0.3, -0.25) is 11.3 Å². The van der Waals surface area contributed by atoms with E-state index in [0.29, 0.717) is 28.5 Å². The second kappa shape index (κ2) is 7.18. The van der Waals surface area contributed by atoms with Crippen LogP contribution < -0.4 is 11.3 Å². The molecule has 0 amide bonds. The molecule has 0 bridgehead atoms. The van der Waals surface area contributed by atoms with Crippen molar-refractivity contribution in [2.24, 2.45) is 5.84 Å². The number of nitrogens with two attached hydrogens (primary N) is 1. The maximum atomic E-state index is 13.2. The fourth-order valence-electron chi connectivity index (χ4n) is 2.11. The van der Waals surface area contributed by atoms with E-state index in [1.54, 1.807) is 18.2 Å². The van der Waals surface area contributed by atoms with Gasteiger partial charge in [0.2, 0.25) is 0 Å². The van der Waals surface area contributed by atoms with Gasteiger partial charge in [-0.15, -0.1) is 0 Å². The van der Waals surface area contributed by atoms with Crippen LogP contribution >= 0.6 is 23.2 Å². The Kier molecular flexibility index (Phi) is 5.53. The molecule has 0 aliphatic heterocycles. The summed E-state index contributed by atoms with van der Waals surface area (Å²) in [5.41, 5.74) is 4.06. The highest BCUT2D eigenvalue weighted by Crippen LogP contribution is 2.26. The molecule has 0 spiro atoms. The lowest BCUT2D eigenvalue weighted by Gasteiger charge is -2.18. The Balaban J connectivity index is 2.15. The van der Waals surface area contributed by atoms with Gasteiger partial charge in [-0.05, 0) is 48.2 Å². The third-order valence-corrected chi connectivity index (χ3v) is 3.92. The molecule has 1 atom stereocenters. The maximum absolute atomic E-state index is 13.2. The third-order valence-electron chi connectivity index (χ3n) is 3.21. The zero-order valence-electron chi connectivity index (χ0n) is 11.0. The van der Waals surface area contributed by atoms with E-state index < -0.39 is 11.6 Å². The first-order valence-electron chi connectivity index (χ1n) is 6.34. The van der Waals surface area contributed by atoms with E-state index >= 15 is 0 Å². The molecule has 0 saturated heterocycles. The van der Waals surface area contributed by atoms with Crippen LogP contribution in [0.5, 0.6) is 0 Å². The van der Waals surface area contributed by atoms with Crippen molar-refractivity contribution in [3.05, 3.63) is 69.2 Å². The molecule has 0 aliphatic carbocycles. The minimum absolute atomic E-state index is 0.202. The molecule has 112 valence electrons. The zero-order valence-corrected chi connectivity index (χ0v) is 12.6. The number of nitrogens with one attached hydrogen (secondary N) is 1. The van der Waals surface area contributed by atoms with E-state index in [-0.39, 0.29) is 6.04 Å². The summed E-state index contributed by atoms with van der Waals surface area (Å²) in [4.78, 5) is 0. The first kappa shape index (κ1) is 16.2. The van der Waals surface area contributed by atoms with Crippen molar-refractivity contribution < 1.29 is 8.78 Å². The van der Waals surface area contributed by atoms with Crippen LogP contribution in [0.1, 0.15) is 11.1 Å². The Bertz CT molecular complexity index is 615. The molecule has 6 heteroatoms. The first-order chi connectivity index (χ1) is 10.0. The monoisotopic (exact) mass is 330 g/mol. The minimum Gasteiger partial charge on any atom is -0.271 e. The summed E-state index contributed by atoms with van der Waals surface area (Å²) in [6.45, 7) is 0. The van der Waals surface area contributed by atoms with Crippen molar-refractivity contribution in [1.29, 1.82) is 0 Å². The highest BCUT2D eigenvalue weighted by molar-refractivity contribution is 6.36. The van der Waals surface area contributed by atoms with Gasteiger partial charge in [-0.2, -0.15) is 0 Å². The zero-order chi connectivity index (χ0) is 15.4. The van der Waals surface area contributed by atoms with Crippen LogP contribution in [0.25, 0.3) is 0 Å². The summed E-state index contributed by atoms with van der Waals surface area (Å²) in [5.74, 6) is 3.79. The topological polar surface area (TPSA) is 38.0 Å². The number of halogens is 4. The Morgan fingerprint density at radius 3 is 2.24 bits per heavy atom. The summed E-state index contributed by atoms with van der Waals surface area (Å²) < 4.78 is 26.1. The second-order valence-corrected chi connectivity index (χ2v) is 5.53.